The monoisotopic (exact) mass is 447 g/mol. The lowest BCUT2D eigenvalue weighted by Gasteiger charge is -2.50. The van der Waals surface area contributed by atoms with Gasteiger partial charge >= 0.3 is 0 Å². The summed E-state index contributed by atoms with van der Waals surface area (Å²) in [4.78, 5) is 17.1. The van der Waals surface area contributed by atoms with E-state index in [-0.39, 0.29) is 0 Å². The zero-order valence-corrected chi connectivity index (χ0v) is 20.5. The molecule has 1 saturated carbocycles. The van der Waals surface area contributed by atoms with Crippen LogP contribution in [0.5, 0.6) is 0 Å². The van der Waals surface area contributed by atoms with Gasteiger partial charge in [-0.15, -0.1) is 0 Å². The summed E-state index contributed by atoms with van der Waals surface area (Å²) in [5.74, 6) is 2.65. The second kappa shape index (κ2) is 10.6. The van der Waals surface area contributed by atoms with Gasteiger partial charge in [-0.2, -0.15) is 0 Å². The molecule has 4 atom stereocenters. The first-order chi connectivity index (χ1) is 16.2. The summed E-state index contributed by atoms with van der Waals surface area (Å²) < 4.78 is 0. The van der Waals surface area contributed by atoms with Crippen molar-refractivity contribution >= 4 is 0 Å². The molecule has 178 valence electrons. The minimum absolute atomic E-state index is 0.501. The molecule has 5 heteroatoms. The van der Waals surface area contributed by atoms with E-state index in [9.17, 15) is 0 Å². The van der Waals surface area contributed by atoms with E-state index >= 15 is 0 Å². The van der Waals surface area contributed by atoms with Gasteiger partial charge in [-0.3, -0.25) is 9.88 Å². The van der Waals surface area contributed by atoms with Crippen molar-refractivity contribution in [3.8, 4) is 11.4 Å². The van der Waals surface area contributed by atoms with Crippen LogP contribution in [-0.4, -0.2) is 51.6 Å². The number of piperidine rings is 3. The topological polar surface area (TPSA) is 53.9 Å². The molecule has 0 amide bonds. The summed E-state index contributed by atoms with van der Waals surface area (Å²) >= 11 is 0. The number of nitrogens with zero attached hydrogens (tertiary/aromatic N) is 4. The third-order valence-electron chi connectivity index (χ3n) is 8.61. The number of fused-ring (bicyclic) bond motifs is 3. The van der Waals surface area contributed by atoms with Crippen LogP contribution in [0.2, 0.25) is 0 Å². The molecule has 4 fully saturated rings. The second-order valence-electron chi connectivity index (χ2n) is 10.6. The van der Waals surface area contributed by atoms with E-state index in [0.717, 1.165) is 42.7 Å². The highest BCUT2D eigenvalue weighted by Crippen LogP contribution is 2.42. The Morgan fingerprint density at radius 1 is 1.03 bits per heavy atom. The minimum atomic E-state index is 0.501. The van der Waals surface area contributed by atoms with Crippen molar-refractivity contribution < 1.29 is 0 Å². The van der Waals surface area contributed by atoms with Crippen LogP contribution in [0.1, 0.15) is 94.9 Å². The molecule has 0 radical (unpaired) electrons. The van der Waals surface area contributed by atoms with Crippen LogP contribution in [0.15, 0.2) is 30.6 Å². The van der Waals surface area contributed by atoms with Crippen LogP contribution in [0.25, 0.3) is 11.4 Å². The number of aromatic nitrogens is 3. The molecular formula is C28H41N5. The predicted octanol–water partition coefficient (Wildman–Crippen LogP) is 5.54. The van der Waals surface area contributed by atoms with Crippen LogP contribution >= 0.6 is 0 Å². The number of rotatable bonds is 8. The Labute approximate surface area is 199 Å². The number of nitrogens with one attached hydrogen (secondary N) is 1. The Bertz CT molecular complexity index is 890. The zero-order valence-electron chi connectivity index (χ0n) is 20.5. The Kier molecular flexibility index (Phi) is 7.37. The molecule has 1 N–H and O–H groups in total. The van der Waals surface area contributed by atoms with Gasteiger partial charge < -0.3 is 5.32 Å². The molecule has 4 unspecified atom stereocenters. The fraction of sp³-hybridized carbons (Fsp3) is 0.679. The molecule has 2 bridgehead atoms. The molecular weight excluding hydrogens is 406 g/mol. The first kappa shape index (κ1) is 22.9. The van der Waals surface area contributed by atoms with E-state index in [1.165, 1.54) is 69.4 Å². The maximum absolute atomic E-state index is 5.16. The summed E-state index contributed by atoms with van der Waals surface area (Å²) in [5.41, 5.74) is 3.57. The van der Waals surface area contributed by atoms with Crippen LogP contribution in [0, 0.1) is 5.92 Å². The molecule has 33 heavy (non-hydrogen) atoms. The SMILES string of the molecule is CCC(CC)c1cc(C2CN3CCC2CC3CNC2CCCCC2)nc(-c2ccncc2)n1. The molecule has 1 aliphatic carbocycles. The largest absolute Gasteiger partial charge is 0.312 e. The van der Waals surface area contributed by atoms with E-state index < -0.39 is 0 Å². The maximum Gasteiger partial charge on any atom is 0.159 e. The molecule has 5 nitrogen and oxygen atoms in total. The molecule has 3 aliphatic heterocycles. The summed E-state index contributed by atoms with van der Waals surface area (Å²) in [6, 6.07) is 7.88. The average molecular weight is 448 g/mol. The Balaban J connectivity index is 1.35. The van der Waals surface area contributed by atoms with E-state index in [4.69, 9.17) is 9.97 Å². The van der Waals surface area contributed by atoms with E-state index in [2.05, 4.69) is 35.1 Å². The third kappa shape index (κ3) is 5.14. The van der Waals surface area contributed by atoms with Crippen LogP contribution in [-0.2, 0) is 0 Å². The Hall–Kier alpha value is -1.85. The second-order valence-corrected chi connectivity index (χ2v) is 10.6. The minimum Gasteiger partial charge on any atom is -0.312 e. The molecule has 5 heterocycles. The van der Waals surface area contributed by atoms with Gasteiger partial charge in [0.25, 0.3) is 0 Å². The van der Waals surface area contributed by atoms with Crippen molar-refractivity contribution in [1.82, 2.24) is 25.2 Å². The highest BCUT2D eigenvalue weighted by Gasteiger charge is 2.41. The number of hydrogen-bond acceptors (Lipinski definition) is 5. The molecule has 4 aliphatic rings. The van der Waals surface area contributed by atoms with Gasteiger partial charge in [-0.05, 0) is 69.2 Å². The summed E-state index contributed by atoms with van der Waals surface area (Å²) in [6.45, 7) is 8.12. The normalized spacial score (nSPS) is 27.8. The lowest BCUT2D eigenvalue weighted by Crippen LogP contribution is -2.56. The third-order valence-corrected chi connectivity index (χ3v) is 8.61. The van der Waals surface area contributed by atoms with Crippen molar-refractivity contribution in [1.29, 1.82) is 0 Å². The standard InChI is InChI=1S/C28H41N5/c1-3-20(4-2)26-17-27(32-28(31-26)21-10-13-29-14-11-21)25-19-33-15-12-22(25)16-24(33)18-30-23-8-6-5-7-9-23/h10-11,13-14,17,20,22-25,30H,3-9,12,15-16,18-19H2,1-2H3. The van der Waals surface area contributed by atoms with Gasteiger partial charge in [0, 0.05) is 66.4 Å². The van der Waals surface area contributed by atoms with E-state index in [1.807, 2.05) is 24.5 Å². The van der Waals surface area contributed by atoms with Crippen LogP contribution < -0.4 is 5.32 Å². The molecule has 3 saturated heterocycles. The summed E-state index contributed by atoms with van der Waals surface area (Å²) in [5, 5.41) is 3.93. The molecule has 6 rings (SSSR count). The van der Waals surface area contributed by atoms with Gasteiger partial charge in [-0.25, -0.2) is 9.97 Å². The fourth-order valence-electron chi connectivity index (χ4n) is 6.52. The summed E-state index contributed by atoms with van der Waals surface area (Å²) in [7, 11) is 0. The predicted molar refractivity (Wildman–Crippen MR) is 134 cm³/mol. The fourth-order valence-corrected chi connectivity index (χ4v) is 6.52. The van der Waals surface area contributed by atoms with Crippen LogP contribution in [0.3, 0.4) is 0 Å². The Morgan fingerprint density at radius 2 is 1.82 bits per heavy atom. The first-order valence-electron chi connectivity index (χ1n) is 13.5. The van der Waals surface area contributed by atoms with E-state index in [0.29, 0.717) is 17.9 Å². The van der Waals surface area contributed by atoms with Crippen molar-refractivity contribution in [2.24, 2.45) is 5.92 Å². The van der Waals surface area contributed by atoms with Gasteiger partial charge in [0.15, 0.2) is 5.82 Å². The Morgan fingerprint density at radius 3 is 2.52 bits per heavy atom. The number of hydrogen-bond donors (Lipinski definition) is 1. The smallest absolute Gasteiger partial charge is 0.159 e. The van der Waals surface area contributed by atoms with Crippen molar-refractivity contribution in [2.45, 2.75) is 95.6 Å². The summed E-state index contributed by atoms with van der Waals surface area (Å²) in [6.07, 6.45) is 15.5. The highest BCUT2D eigenvalue weighted by atomic mass is 15.2. The highest BCUT2D eigenvalue weighted by molar-refractivity contribution is 5.54. The first-order valence-corrected chi connectivity index (χ1v) is 13.5. The molecule has 0 aromatic carbocycles. The lowest BCUT2D eigenvalue weighted by molar-refractivity contribution is 0.0276. The molecule has 2 aromatic rings. The quantitative estimate of drug-likeness (QED) is 0.576. The zero-order chi connectivity index (χ0) is 22.6. The van der Waals surface area contributed by atoms with Gasteiger partial charge in [0.1, 0.15) is 0 Å². The molecule has 0 spiro atoms. The number of pyridine rings is 1. The van der Waals surface area contributed by atoms with Gasteiger partial charge in [0.2, 0.25) is 0 Å². The van der Waals surface area contributed by atoms with Crippen molar-refractivity contribution in [3.05, 3.63) is 42.0 Å². The van der Waals surface area contributed by atoms with Gasteiger partial charge in [0.05, 0.1) is 0 Å². The van der Waals surface area contributed by atoms with Crippen molar-refractivity contribution in [2.75, 3.05) is 19.6 Å². The van der Waals surface area contributed by atoms with Crippen molar-refractivity contribution in [3.63, 3.8) is 0 Å². The molecule has 2 aromatic heterocycles. The van der Waals surface area contributed by atoms with Crippen LogP contribution in [0.4, 0.5) is 0 Å². The lowest BCUT2D eigenvalue weighted by atomic mass is 9.73. The van der Waals surface area contributed by atoms with E-state index in [1.54, 1.807) is 0 Å². The maximum atomic E-state index is 5.16. The van der Waals surface area contributed by atoms with Gasteiger partial charge in [-0.1, -0.05) is 33.1 Å². The average Bonchev–Trinajstić information content (AvgIpc) is 2.89.